The lowest BCUT2D eigenvalue weighted by Gasteiger charge is -2.23. The average molecular weight is 303 g/mol. The van der Waals surface area contributed by atoms with E-state index in [1.54, 1.807) is 17.2 Å². The summed E-state index contributed by atoms with van der Waals surface area (Å²) in [5.41, 5.74) is 0.755. The summed E-state index contributed by atoms with van der Waals surface area (Å²) in [4.78, 5) is 5.99. The molecule has 2 aliphatic rings. The van der Waals surface area contributed by atoms with Crippen LogP contribution in [0.3, 0.4) is 0 Å². The van der Waals surface area contributed by atoms with Gasteiger partial charge in [0.25, 0.3) is 0 Å². The van der Waals surface area contributed by atoms with Gasteiger partial charge < -0.3 is 4.74 Å². The molecular formula is C16H15F2N3O. The summed E-state index contributed by atoms with van der Waals surface area (Å²) in [7, 11) is 0. The molecule has 0 radical (unpaired) electrons. The van der Waals surface area contributed by atoms with Gasteiger partial charge in [-0.15, -0.1) is 0 Å². The normalized spacial score (nSPS) is 20.4. The van der Waals surface area contributed by atoms with Gasteiger partial charge >= 0.3 is 0 Å². The highest BCUT2D eigenvalue weighted by Gasteiger charge is 2.32. The Labute approximate surface area is 126 Å². The van der Waals surface area contributed by atoms with Crippen molar-refractivity contribution in [2.45, 2.75) is 26.5 Å². The van der Waals surface area contributed by atoms with Crippen molar-refractivity contribution >= 4 is 11.7 Å². The summed E-state index contributed by atoms with van der Waals surface area (Å²) in [6, 6.07) is 3.43. The van der Waals surface area contributed by atoms with Gasteiger partial charge in [0, 0.05) is 6.20 Å². The summed E-state index contributed by atoms with van der Waals surface area (Å²) in [6.07, 6.45) is 3.54. The quantitative estimate of drug-likeness (QED) is 0.930. The van der Waals surface area contributed by atoms with Crippen LogP contribution in [0.25, 0.3) is 0 Å². The summed E-state index contributed by atoms with van der Waals surface area (Å²) in [5.74, 6) is -0.0257. The van der Waals surface area contributed by atoms with Gasteiger partial charge in [-0.25, -0.2) is 8.78 Å². The van der Waals surface area contributed by atoms with Crippen LogP contribution in [0, 0.1) is 17.0 Å². The standard InChI is InChI=1S/C16H15F2N3O/c1-9-6-14(16-20-10(2)15(19)21(16)7-9)22-8-11-12(17)4-3-5-13(11)18/h3-7,10,19H,8H2,1-2H3. The number of hydrogen-bond acceptors (Lipinski definition) is 3. The van der Waals surface area contributed by atoms with E-state index in [0.29, 0.717) is 17.4 Å². The maximum absolute atomic E-state index is 13.6. The van der Waals surface area contributed by atoms with Gasteiger partial charge in [-0.3, -0.25) is 15.3 Å². The summed E-state index contributed by atoms with van der Waals surface area (Å²) >= 11 is 0. The molecule has 0 bridgehead atoms. The van der Waals surface area contributed by atoms with Crippen molar-refractivity contribution in [2.75, 3.05) is 0 Å². The minimum atomic E-state index is -0.644. The highest BCUT2D eigenvalue weighted by molar-refractivity contribution is 6.15. The van der Waals surface area contributed by atoms with E-state index in [1.807, 2.05) is 13.8 Å². The first-order valence-electron chi connectivity index (χ1n) is 6.89. The van der Waals surface area contributed by atoms with Crippen molar-refractivity contribution in [3.63, 3.8) is 0 Å². The lowest BCUT2D eigenvalue weighted by molar-refractivity contribution is 0.205. The SMILES string of the molecule is CC1=CN2C(=N)C(C)N=C2C(OCc2c(F)cccc2F)=C1. The fourth-order valence-electron chi connectivity index (χ4n) is 2.37. The Balaban J connectivity index is 1.85. The van der Waals surface area contributed by atoms with Gasteiger partial charge in [0.2, 0.25) is 0 Å². The largest absolute Gasteiger partial charge is 0.485 e. The second-order valence-electron chi connectivity index (χ2n) is 5.25. The molecule has 0 aromatic heterocycles. The minimum Gasteiger partial charge on any atom is -0.485 e. The molecule has 1 aromatic carbocycles. The van der Waals surface area contributed by atoms with Crippen molar-refractivity contribution in [3.05, 3.63) is 59.0 Å². The number of aliphatic imine (C=N–C) groups is 1. The first kappa shape index (κ1) is 14.4. The molecule has 3 rings (SSSR count). The first-order chi connectivity index (χ1) is 10.5. The van der Waals surface area contributed by atoms with Crippen molar-refractivity contribution in [1.82, 2.24) is 4.90 Å². The summed E-state index contributed by atoms with van der Waals surface area (Å²) < 4.78 is 32.9. The Hall–Kier alpha value is -2.50. The fraction of sp³-hybridized carbons (Fsp3) is 0.250. The number of allylic oxidation sites excluding steroid dienone is 2. The van der Waals surface area contributed by atoms with E-state index in [-0.39, 0.29) is 18.2 Å². The molecule has 0 spiro atoms. The molecule has 22 heavy (non-hydrogen) atoms. The molecule has 2 heterocycles. The van der Waals surface area contributed by atoms with Crippen LogP contribution in [-0.4, -0.2) is 22.6 Å². The van der Waals surface area contributed by atoms with Gasteiger partial charge in [0.05, 0.1) is 5.56 Å². The first-order valence-corrected chi connectivity index (χ1v) is 6.89. The average Bonchev–Trinajstić information content (AvgIpc) is 2.74. The molecule has 0 fully saturated rings. The zero-order valence-electron chi connectivity index (χ0n) is 12.2. The molecule has 1 atom stereocenters. The number of rotatable bonds is 3. The zero-order valence-corrected chi connectivity index (χ0v) is 12.2. The molecule has 1 N–H and O–H groups in total. The molecule has 0 saturated carbocycles. The van der Waals surface area contributed by atoms with Gasteiger partial charge in [0.15, 0.2) is 11.6 Å². The van der Waals surface area contributed by atoms with Crippen LogP contribution in [-0.2, 0) is 11.3 Å². The molecule has 1 unspecified atom stereocenters. The van der Waals surface area contributed by atoms with Crippen LogP contribution in [0.5, 0.6) is 0 Å². The van der Waals surface area contributed by atoms with Crippen molar-refractivity contribution < 1.29 is 13.5 Å². The van der Waals surface area contributed by atoms with Crippen molar-refractivity contribution in [3.8, 4) is 0 Å². The predicted octanol–water partition coefficient (Wildman–Crippen LogP) is 3.36. The topological polar surface area (TPSA) is 48.7 Å². The zero-order chi connectivity index (χ0) is 15.9. The molecule has 6 heteroatoms. The summed E-state index contributed by atoms with van der Waals surface area (Å²) in [5, 5.41) is 7.99. The van der Waals surface area contributed by atoms with E-state index in [2.05, 4.69) is 4.99 Å². The van der Waals surface area contributed by atoms with Crippen molar-refractivity contribution in [1.29, 1.82) is 5.41 Å². The Morgan fingerprint density at radius 2 is 2.00 bits per heavy atom. The Kier molecular flexibility index (Phi) is 3.52. The number of nitrogens with zero attached hydrogens (tertiary/aromatic N) is 2. The number of nitrogens with one attached hydrogen (secondary N) is 1. The third-order valence-electron chi connectivity index (χ3n) is 3.54. The van der Waals surface area contributed by atoms with Crippen LogP contribution in [0.15, 0.2) is 46.8 Å². The number of fused-ring (bicyclic) bond motifs is 1. The molecule has 0 saturated heterocycles. The minimum absolute atomic E-state index is 0.121. The van der Waals surface area contributed by atoms with E-state index in [0.717, 1.165) is 5.57 Å². The van der Waals surface area contributed by atoms with E-state index >= 15 is 0 Å². The van der Waals surface area contributed by atoms with Crippen LogP contribution >= 0.6 is 0 Å². The van der Waals surface area contributed by atoms with Gasteiger partial charge in [0.1, 0.15) is 30.1 Å². The number of halogens is 2. The van der Waals surface area contributed by atoms with Crippen LogP contribution in [0.2, 0.25) is 0 Å². The number of ether oxygens (including phenoxy) is 1. The van der Waals surface area contributed by atoms with E-state index < -0.39 is 11.6 Å². The number of hydrogen-bond donors (Lipinski definition) is 1. The molecule has 0 aliphatic carbocycles. The predicted molar refractivity (Wildman–Crippen MR) is 79.4 cm³/mol. The number of amidine groups is 2. The molecule has 1 aromatic rings. The van der Waals surface area contributed by atoms with Crippen LogP contribution in [0.1, 0.15) is 19.4 Å². The fourth-order valence-corrected chi connectivity index (χ4v) is 2.37. The molecule has 0 amide bonds. The second kappa shape index (κ2) is 5.36. The Morgan fingerprint density at radius 3 is 2.68 bits per heavy atom. The third kappa shape index (κ3) is 2.41. The molecular weight excluding hydrogens is 288 g/mol. The Morgan fingerprint density at radius 1 is 1.32 bits per heavy atom. The van der Waals surface area contributed by atoms with E-state index in [4.69, 9.17) is 10.1 Å². The van der Waals surface area contributed by atoms with Crippen LogP contribution < -0.4 is 0 Å². The monoisotopic (exact) mass is 303 g/mol. The lowest BCUT2D eigenvalue weighted by atomic mass is 10.2. The maximum atomic E-state index is 13.6. The highest BCUT2D eigenvalue weighted by atomic mass is 19.1. The van der Waals surface area contributed by atoms with Crippen LogP contribution in [0.4, 0.5) is 8.78 Å². The summed E-state index contributed by atoms with van der Waals surface area (Å²) in [6.45, 7) is 3.44. The van der Waals surface area contributed by atoms with Crippen molar-refractivity contribution in [2.24, 2.45) is 4.99 Å². The second-order valence-corrected chi connectivity index (χ2v) is 5.25. The maximum Gasteiger partial charge on any atom is 0.177 e. The number of benzene rings is 1. The lowest BCUT2D eigenvalue weighted by Crippen LogP contribution is -2.32. The molecule has 114 valence electrons. The van der Waals surface area contributed by atoms with E-state index in [9.17, 15) is 8.78 Å². The van der Waals surface area contributed by atoms with Gasteiger partial charge in [-0.2, -0.15) is 0 Å². The highest BCUT2D eigenvalue weighted by Crippen LogP contribution is 2.25. The smallest absolute Gasteiger partial charge is 0.177 e. The third-order valence-corrected chi connectivity index (χ3v) is 3.54. The molecule has 2 aliphatic heterocycles. The van der Waals surface area contributed by atoms with Gasteiger partial charge in [-0.05, 0) is 37.6 Å². The Bertz CT molecular complexity index is 717. The molecule has 4 nitrogen and oxygen atoms in total. The van der Waals surface area contributed by atoms with Gasteiger partial charge in [-0.1, -0.05) is 6.07 Å². The van der Waals surface area contributed by atoms with E-state index in [1.165, 1.54) is 18.2 Å².